The number of carbonyl (C=O) groups is 1. The number of benzene rings is 1. The molecule has 2 bridgehead atoms. The van der Waals surface area contributed by atoms with E-state index >= 15 is 0 Å². The zero-order valence-corrected chi connectivity index (χ0v) is 16.7. The second kappa shape index (κ2) is 7.57. The van der Waals surface area contributed by atoms with Gasteiger partial charge in [-0.3, -0.25) is 4.98 Å². The molecule has 2 saturated heterocycles. The van der Waals surface area contributed by atoms with Gasteiger partial charge < -0.3 is 10.2 Å². The predicted octanol–water partition coefficient (Wildman–Crippen LogP) is 4.10. The number of amides is 2. The first-order chi connectivity index (χ1) is 14.2. The van der Waals surface area contributed by atoms with Crippen LogP contribution < -0.4 is 5.32 Å². The van der Waals surface area contributed by atoms with Gasteiger partial charge in [-0.1, -0.05) is 0 Å². The van der Waals surface area contributed by atoms with Gasteiger partial charge >= 0.3 is 12.2 Å². The molecule has 0 unspecified atom stereocenters. The van der Waals surface area contributed by atoms with Crippen molar-refractivity contribution in [2.24, 2.45) is 0 Å². The molecule has 1 N–H and O–H groups in total. The number of nitrogens with zero attached hydrogens (tertiary/aromatic N) is 2. The largest absolute Gasteiger partial charge is 0.416 e. The Labute approximate surface area is 172 Å². The van der Waals surface area contributed by atoms with E-state index in [1.165, 1.54) is 36.7 Å². The van der Waals surface area contributed by atoms with Gasteiger partial charge in [0.15, 0.2) is 9.84 Å². The third kappa shape index (κ3) is 3.88. The van der Waals surface area contributed by atoms with E-state index in [0.29, 0.717) is 25.7 Å². The van der Waals surface area contributed by atoms with Crippen molar-refractivity contribution >= 4 is 21.6 Å². The van der Waals surface area contributed by atoms with E-state index in [-0.39, 0.29) is 22.7 Å². The average Bonchev–Trinajstić information content (AvgIpc) is 2.98. The van der Waals surface area contributed by atoms with Gasteiger partial charge in [-0.25, -0.2) is 13.2 Å². The number of pyridine rings is 1. The van der Waals surface area contributed by atoms with Gasteiger partial charge in [-0.2, -0.15) is 13.2 Å². The maximum atomic E-state index is 12.9. The van der Waals surface area contributed by atoms with E-state index in [0.717, 1.165) is 12.1 Å². The fourth-order valence-corrected chi connectivity index (χ4v) is 6.20. The van der Waals surface area contributed by atoms with Gasteiger partial charge in [0.25, 0.3) is 0 Å². The molecule has 3 heterocycles. The lowest BCUT2D eigenvalue weighted by molar-refractivity contribution is -0.137. The molecule has 0 aliphatic carbocycles. The van der Waals surface area contributed by atoms with Gasteiger partial charge in [0.1, 0.15) is 0 Å². The molecule has 6 nitrogen and oxygen atoms in total. The van der Waals surface area contributed by atoms with Crippen LogP contribution in [0.3, 0.4) is 0 Å². The minimum absolute atomic E-state index is 0.222. The molecule has 0 spiro atoms. The number of aromatic nitrogens is 1. The Morgan fingerprint density at radius 3 is 2.10 bits per heavy atom. The van der Waals surface area contributed by atoms with E-state index in [4.69, 9.17) is 0 Å². The van der Waals surface area contributed by atoms with Gasteiger partial charge in [0, 0.05) is 30.2 Å². The normalized spacial score (nSPS) is 24.0. The number of alkyl halides is 3. The van der Waals surface area contributed by atoms with Crippen molar-refractivity contribution in [3.8, 4) is 0 Å². The summed E-state index contributed by atoms with van der Waals surface area (Å²) in [7, 11) is -3.52. The quantitative estimate of drug-likeness (QED) is 0.781. The number of hydrogen-bond acceptors (Lipinski definition) is 4. The standard InChI is InChI=1S/C20H20F3N3O3S/c21-20(22,23)13-1-3-14(4-2-13)25-19(27)26-15-5-6-16(26)12-18(11-15)30(28,29)17-7-9-24-10-8-17/h1-4,7-10,15-16,18H,5-6,11-12H2,(H,25,27)/t15-,16-/m1/s1. The van der Waals surface area contributed by atoms with Crippen LogP contribution in [0.25, 0.3) is 0 Å². The number of piperidine rings is 1. The summed E-state index contributed by atoms with van der Waals surface area (Å²) in [4.78, 5) is 18.5. The third-order valence-corrected chi connectivity index (χ3v) is 8.00. The molecule has 1 aromatic carbocycles. The van der Waals surface area contributed by atoms with Crippen molar-refractivity contribution in [1.29, 1.82) is 0 Å². The fraction of sp³-hybridized carbons (Fsp3) is 0.400. The first-order valence-electron chi connectivity index (χ1n) is 9.57. The number of halogens is 3. The molecule has 2 aliphatic heterocycles. The van der Waals surface area contributed by atoms with Crippen molar-refractivity contribution < 1.29 is 26.4 Å². The minimum atomic E-state index is -4.44. The van der Waals surface area contributed by atoms with E-state index < -0.39 is 32.9 Å². The maximum Gasteiger partial charge on any atom is 0.416 e. The molecule has 2 amide bonds. The summed E-state index contributed by atoms with van der Waals surface area (Å²) in [6, 6.07) is 6.34. The number of fused-ring (bicyclic) bond motifs is 2. The molecule has 0 radical (unpaired) electrons. The second-order valence-corrected chi connectivity index (χ2v) is 9.85. The first kappa shape index (κ1) is 20.6. The number of rotatable bonds is 3. The number of nitrogens with one attached hydrogen (secondary N) is 1. The first-order valence-corrected chi connectivity index (χ1v) is 11.1. The van der Waals surface area contributed by atoms with Crippen LogP contribution in [-0.4, -0.2) is 41.7 Å². The fourth-order valence-electron chi connectivity index (χ4n) is 4.36. The number of carbonyl (C=O) groups excluding carboxylic acids is 1. The van der Waals surface area contributed by atoms with E-state index in [1.807, 2.05) is 0 Å². The highest BCUT2D eigenvalue weighted by Crippen LogP contribution is 2.40. The highest BCUT2D eigenvalue weighted by atomic mass is 32.2. The Bertz CT molecular complexity index is 1010. The number of anilines is 1. The molecule has 2 fully saturated rings. The SMILES string of the molecule is O=C(Nc1ccc(C(F)(F)F)cc1)N1[C@@H]2CC[C@@H]1CC(S(=O)(=O)c1ccncc1)C2. The second-order valence-electron chi connectivity index (χ2n) is 7.62. The highest BCUT2D eigenvalue weighted by Gasteiger charge is 2.47. The van der Waals surface area contributed by atoms with Crippen LogP contribution in [0.2, 0.25) is 0 Å². The molecule has 30 heavy (non-hydrogen) atoms. The predicted molar refractivity (Wildman–Crippen MR) is 104 cm³/mol. The third-order valence-electron chi connectivity index (χ3n) is 5.80. The van der Waals surface area contributed by atoms with Crippen LogP contribution in [0.15, 0.2) is 53.7 Å². The molecule has 2 aromatic rings. The van der Waals surface area contributed by atoms with Crippen molar-refractivity contribution in [1.82, 2.24) is 9.88 Å². The zero-order valence-electron chi connectivity index (χ0n) is 15.8. The van der Waals surface area contributed by atoms with Crippen molar-refractivity contribution in [2.75, 3.05) is 5.32 Å². The lowest BCUT2D eigenvalue weighted by Crippen LogP contribution is -2.51. The van der Waals surface area contributed by atoms with Crippen LogP contribution >= 0.6 is 0 Å². The van der Waals surface area contributed by atoms with E-state index in [1.54, 1.807) is 4.90 Å². The van der Waals surface area contributed by atoms with Crippen molar-refractivity contribution in [2.45, 2.75) is 54.1 Å². The van der Waals surface area contributed by atoms with E-state index in [2.05, 4.69) is 10.3 Å². The summed E-state index contributed by atoms with van der Waals surface area (Å²) < 4.78 is 64.0. The molecular weight excluding hydrogens is 419 g/mol. The lowest BCUT2D eigenvalue weighted by Gasteiger charge is -2.38. The minimum Gasteiger partial charge on any atom is -0.318 e. The molecule has 0 saturated carbocycles. The molecule has 160 valence electrons. The Balaban J connectivity index is 1.46. The summed E-state index contributed by atoms with van der Waals surface area (Å²) in [5.41, 5.74) is -0.526. The monoisotopic (exact) mass is 439 g/mol. The average molecular weight is 439 g/mol. The Morgan fingerprint density at radius 2 is 1.57 bits per heavy atom. The van der Waals surface area contributed by atoms with E-state index in [9.17, 15) is 26.4 Å². The zero-order chi connectivity index (χ0) is 21.5. The summed E-state index contributed by atoms with van der Waals surface area (Å²) in [6.07, 6.45) is 0.510. The molecular formula is C20H20F3N3O3S. The van der Waals surface area contributed by atoms with Gasteiger partial charge in [0.2, 0.25) is 0 Å². The van der Waals surface area contributed by atoms with Crippen LogP contribution in [0.4, 0.5) is 23.7 Å². The van der Waals surface area contributed by atoms with Gasteiger partial charge in [-0.15, -0.1) is 0 Å². The summed E-state index contributed by atoms with van der Waals surface area (Å²) in [5, 5.41) is 2.06. The summed E-state index contributed by atoms with van der Waals surface area (Å²) in [5.74, 6) is 0. The van der Waals surface area contributed by atoms with Crippen molar-refractivity contribution in [3.05, 3.63) is 54.4 Å². The molecule has 4 rings (SSSR count). The summed E-state index contributed by atoms with van der Waals surface area (Å²) >= 11 is 0. The van der Waals surface area contributed by atoms with Gasteiger partial charge in [0.05, 0.1) is 15.7 Å². The smallest absolute Gasteiger partial charge is 0.318 e. The molecule has 2 atom stereocenters. The van der Waals surface area contributed by atoms with Gasteiger partial charge in [-0.05, 0) is 62.1 Å². The molecule has 1 aromatic heterocycles. The maximum absolute atomic E-state index is 12.9. The highest BCUT2D eigenvalue weighted by molar-refractivity contribution is 7.92. The Hall–Kier alpha value is -2.62. The number of hydrogen-bond donors (Lipinski definition) is 1. The summed E-state index contributed by atoms with van der Waals surface area (Å²) in [6.45, 7) is 0. The number of sulfone groups is 1. The lowest BCUT2D eigenvalue weighted by atomic mass is 10.0. The van der Waals surface area contributed by atoms with Crippen molar-refractivity contribution in [3.63, 3.8) is 0 Å². The molecule has 2 aliphatic rings. The topological polar surface area (TPSA) is 79.4 Å². The van der Waals surface area contributed by atoms with Crippen LogP contribution in [-0.2, 0) is 16.0 Å². The number of urea groups is 1. The van der Waals surface area contributed by atoms with Crippen LogP contribution in [0.1, 0.15) is 31.2 Å². The Kier molecular flexibility index (Phi) is 5.21. The molecule has 10 heteroatoms. The van der Waals surface area contributed by atoms with Crippen LogP contribution in [0.5, 0.6) is 0 Å². The Morgan fingerprint density at radius 1 is 1.00 bits per heavy atom. The van der Waals surface area contributed by atoms with Crippen LogP contribution in [0, 0.1) is 0 Å².